The normalized spacial score (nSPS) is 15.1. The zero-order valence-corrected chi connectivity index (χ0v) is 16.1. The molecule has 3 heterocycles. The summed E-state index contributed by atoms with van der Waals surface area (Å²) in [6, 6.07) is 2.16. The summed E-state index contributed by atoms with van der Waals surface area (Å²) in [6.07, 6.45) is 6.41. The van der Waals surface area contributed by atoms with Gasteiger partial charge in [0.15, 0.2) is 0 Å². The van der Waals surface area contributed by atoms with Crippen LogP contribution >= 0.6 is 27.3 Å². The van der Waals surface area contributed by atoms with Crippen LogP contribution in [0.3, 0.4) is 0 Å². The van der Waals surface area contributed by atoms with E-state index in [1.807, 2.05) is 5.38 Å². The average molecular weight is 421 g/mol. The first-order chi connectivity index (χ1) is 12.1. The van der Waals surface area contributed by atoms with Crippen LogP contribution in [0.5, 0.6) is 5.88 Å². The highest BCUT2D eigenvalue weighted by Crippen LogP contribution is 2.42. The van der Waals surface area contributed by atoms with Gasteiger partial charge in [0.05, 0.1) is 33.4 Å². The Morgan fingerprint density at radius 1 is 1.44 bits per heavy atom. The summed E-state index contributed by atoms with van der Waals surface area (Å²) >= 11 is 4.95. The highest BCUT2D eigenvalue weighted by Gasteiger charge is 2.26. The third-order valence-corrected chi connectivity index (χ3v) is 6.15. The number of methoxy groups -OCH3 is 1. The Morgan fingerprint density at radius 3 is 2.84 bits per heavy atom. The van der Waals surface area contributed by atoms with Crippen LogP contribution in [0.1, 0.15) is 41.4 Å². The predicted octanol–water partition coefficient (Wildman–Crippen LogP) is 4.14. The monoisotopic (exact) mass is 420 g/mol. The van der Waals surface area contributed by atoms with Crippen LogP contribution in [0, 0.1) is 0 Å². The average Bonchev–Trinajstić information content (AvgIpc) is 3.33. The number of amides is 1. The van der Waals surface area contributed by atoms with Crippen LogP contribution in [0.25, 0.3) is 22.2 Å². The topological polar surface area (TPSA) is 83.0 Å². The number of carbonyl (C=O) groups excluding carboxylic acids is 1. The molecule has 2 N–H and O–H groups in total. The van der Waals surface area contributed by atoms with Crippen LogP contribution < -0.4 is 10.5 Å². The van der Waals surface area contributed by atoms with Crippen LogP contribution in [0.4, 0.5) is 0 Å². The molecule has 130 valence electrons. The number of ether oxygens (including phenoxy) is 1. The van der Waals surface area contributed by atoms with Gasteiger partial charge in [-0.25, -0.2) is 4.98 Å². The number of hydrogen-bond acceptors (Lipinski definition) is 5. The van der Waals surface area contributed by atoms with Gasteiger partial charge in [-0.2, -0.15) is 5.10 Å². The van der Waals surface area contributed by atoms with Crippen molar-refractivity contribution in [3.63, 3.8) is 0 Å². The van der Waals surface area contributed by atoms with Crippen molar-refractivity contribution in [1.29, 1.82) is 0 Å². The van der Waals surface area contributed by atoms with Crippen molar-refractivity contribution in [3.05, 3.63) is 27.0 Å². The standard InChI is InChI=1S/C17H17BrN4O2S/c1-24-17-13-14(9-6-12(16(19)23)25-8-9)21-22(10-4-2-3-5-10)15(13)11(18)7-20-17/h6-8,10H,2-5H2,1H3,(H2,19,23). The van der Waals surface area contributed by atoms with E-state index in [0.717, 1.165) is 39.5 Å². The molecule has 0 spiro atoms. The third-order valence-electron chi connectivity index (χ3n) is 4.63. The molecular weight excluding hydrogens is 404 g/mol. The van der Waals surface area contributed by atoms with Crippen molar-refractivity contribution in [2.24, 2.45) is 5.73 Å². The summed E-state index contributed by atoms with van der Waals surface area (Å²) in [5, 5.41) is 7.67. The quantitative estimate of drug-likeness (QED) is 0.686. The van der Waals surface area contributed by atoms with Gasteiger partial charge in [0.25, 0.3) is 5.91 Å². The van der Waals surface area contributed by atoms with Crippen LogP contribution in [-0.2, 0) is 0 Å². The fraction of sp³-hybridized carbons (Fsp3) is 0.353. The lowest BCUT2D eigenvalue weighted by Crippen LogP contribution is -2.08. The number of nitrogens with two attached hydrogens (primary N) is 1. The van der Waals surface area contributed by atoms with Crippen LogP contribution in [-0.4, -0.2) is 27.8 Å². The number of halogens is 1. The molecule has 1 amide bonds. The molecule has 3 aromatic heterocycles. The second-order valence-corrected chi connectivity index (χ2v) is 7.90. The number of aromatic nitrogens is 3. The number of pyridine rings is 1. The second kappa shape index (κ2) is 6.42. The van der Waals surface area contributed by atoms with Gasteiger partial charge in [0.1, 0.15) is 5.69 Å². The molecule has 1 saturated carbocycles. The Morgan fingerprint density at radius 2 is 2.20 bits per heavy atom. The van der Waals surface area contributed by atoms with Gasteiger partial charge in [-0.1, -0.05) is 12.8 Å². The summed E-state index contributed by atoms with van der Waals surface area (Å²) < 4.78 is 8.48. The summed E-state index contributed by atoms with van der Waals surface area (Å²) in [6.45, 7) is 0. The minimum Gasteiger partial charge on any atom is -0.480 e. The van der Waals surface area contributed by atoms with Crippen molar-refractivity contribution in [2.45, 2.75) is 31.7 Å². The number of carbonyl (C=O) groups is 1. The summed E-state index contributed by atoms with van der Waals surface area (Å²) in [7, 11) is 1.61. The largest absolute Gasteiger partial charge is 0.480 e. The fourth-order valence-electron chi connectivity index (χ4n) is 3.47. The lowest BCUT2D eigenvalue weighted by atomic mass is 10.1. The first-order valence-electron chi connectivity index (χ1n) is 8.09. The Kier molecular flexibility index (Phi) is 4.24. The second-order valence-electron chi connectivity index (χ2n) is 6.13. The highest BCUT2D eigenvalue weighted by atomic mass is 79.9. The lowest BCUT2D eigenvalue weighted by molar-refractivity contribution is 0.100. The Labute approximate surface area is 157 Å². The molecule has 1 aliphatic carbocycles. The van der Waals surface area contributed by atoms with Crippen LogP contribution in [0.2, 0.25) is 0 Å². The molecule has 6 nitrogen and oxygen atoms in total. The van der Waals surface area contributed by atoms with Crippen molar-refractivity contribution in [3.8, 4) is 17.1 Å². The molecule has 4 rings (SSSR count). The zero-order valence-electron chi connectivity index (χ0n) is 13.7. The van der Waals surface area contributed by atoms with Crippen molar-refractivity contribution < 1.29 is 9.53 Å². The number of hydrogen-bond donors (Lipinski definition) is 1. The first-order valence-corrected chi connectivity index (χ1v) is 9.77. The number of fused-ring (bicyclic) bond motifs is 1. The number of primary amides is 1. The van der Waals surface area contributed by atoms with Gasteiger partial charge in [0.2, 0.25) is 5.88 Å². The minimum absolute atomic E-state index is 0.369. The van der Waals surface area contributed by atoms with Gasteiger partial charge in [-0.3, -0.25) is 9.48 Å². The number of rotatable bonds is 4. The molecule has 3 aromatic rings. The zero-order chi connectivity index (χ0) is 17.6. The van der Waals surface area contributed by atoms with E-state index in [4.69, 9.17) is 15.6 Å². The van der Waals surface area contributed by atoms with Gasteiger partial charge in [-0.15, -0.1) is 11.3 Å². The van der Waals surface area contributed by atoms with E-state index >= 15 is 0 Å². The summed E-state index contributed by atoms with van der Waals surface area (Å²) in [4.78, 5) is 16.4. The van der Waals surface area contributed by atoms with E-state index in [1.54, 1.807) is 19.4 Å². The summed E-state index contributed by atoms with van der Waals surface area (Å²) in [5.74, 6) is 0.103. The Bertz CT molecular complexity index is 959. The van der Waals surface area contributed by atoms with E-state index in [1.165, 1.54) is 24.2 Å². The van der Waals surface area contributed by atoms with E-state index in [-0.39, 0.29) is 0 Å². The number of nitrogens with zero attached hydrogens (tertiary/aromatic N) is 3. The minimum atomic E-state index is -0.429. The molecule has 0 aromatic carbocycles. The maximum absolute atomic E-state index is 11.5. The maximum atomic E-state index is 11.5. The molecule has 1 fully saturated rings. The SMILES string of the molecule is COc1ncc(Br)c2c1c(-c1csc(C(N)=O)c1)nn2C1CCCC1. The van der Waals surface area contributed by atoms with E-state index in [0.29, 0.717) is 16.8 Å². The Balaban J connectivity index is 1.99. The molecule has 0 unspecified atom stereocenters. The first kappa shape index (κ1) is 16.5. The summed E-state index contributed by atoms with van der Waals surface area (Å²) in [5.41, 5.74) is 8.03. The van der Waals surface area contributed by atoms with Crippen molar-refractivity contribution in [2.75, 3.05) is 7.11 Å². The van der Waals surface area contributed by atoms with Crippen molar-refractivity contribution >= 4 is 44.1 Å². The van der Waals surface area contributed by atoms with Gasteiger partial charge < -0.3 is 10.5 Å². The highest BCUT2D eigenvalue weighted by molar-refractivity contribution is 9.10. The number of thiophene rings is 1. The molecule has 0 saturated heterocycles. The third kappa shape index (κ3) is 2.73. The van der Waals surface area contributed by atoms with Gasteiger partial charge in [0, 0.05) is 17.1 Å². The fourth-order valence-corrected chi connectivity index (χ4v) is 4.69. The van der Waals surface area contributed by atoms with E-state index < -0.39 is 5.91 Å². The predicted molar refractivity (Wildman–Crippen MR) is 101 cm³/mol. The molecule has 0 atom stereocenters. The Hall–Kier alpha value is -1.93. The van der Waals surface area contributed by atoms with E-state index in [2.05, 4.69) is 25.6 Å². The maximum Gasteiger partial charge on any atom is 0.258 e. The van der Waals surface area contributed by atoms with Gasteiger partial charge >= 0.3 is 0 Å². The molecule has 8 heteroatoms. The van der Waals surface area contributed by atoms with E-state index in [9.17, 15) is 4.79 Å². The molecular formula is C17H17BrN4O2S. The van der Waals surface area contributed by atoms with Gasteiger partial charge in [-0.05, 0) is 34.8 Å². The molecule has 25 heavy (non-hydrogen) atoms. The molecule has 0 aliphatic heterocycles. The van der Waals surface area contributed by atoms with Crippen molar-refractivity contribution in [1.82, 2.24) is 14.8 Å². The molecule has 1 aliphatic rings. The smallest absolute Gasteiger partial charge is 0.258 e. The lowest BCUT2D eigenvalue weighted by Gasteiger charge is -2.12. The molecule has 0 radical (unpaired) electrons. The molecule has 0 bridgehead atoms. The van der Waals surface area contributed by atoms with Crippen LogP contribution in [0.15, 0.2) is 22.1 Å².